The van der Waals surface area contributed by atoms with Gasteiger partial charge in [0.1, 0.15) is 0 Å². The zero-order valence-corrected chi connectivity index (χ0v) is 5.50. The Hall–Kier alpha value is -0.610. The number of carbonyl (C=O) groups is 1. The molecule has 0 aromatic rings. The SMILES string of the molecule is COC(=O)[C@@H](O)[C@@H](C)N. The van der Waals surface area contributed by atoms with Gasteiger partial charge in [-0.15, -0.1) is 0 Å². The van der Waals surface area contributed by atoms with Crippen LogP contribution in [0.4, 0.5) is 0 Å². The molecule has 9 heavy (non-hydrogen) atoms. The van der Waals surface area contributed by atoms with Gasteiger partial charge in [-0.05, 0) is 6.92 Å². The zero-order chi connectivity index (χ0) is 7.44. The Balaban J connectivity index is 3.72. The molecule has 0 aromatic carbocycles. The number of hydrogen-bond acceptors (Lipinski definition) is 4. The highest BCUT2D eigenvalue weighted by molar-refractivity contribution is 5.74. The Bertz CT molecular complexity index is 102. The summed E-state index contributed by atoms with van der Waals surface area (Å²) in [5, 5.41) is 8.80. The Kier molecular flexibility index (Phi) is 3.19. The van der Waals surface area contributed by atoms with Gasteiger partial charge in [0, 0.05) is 6.04 Å². The molecule has 0 unspecified atom stereocenters. The fraction of sp³-hybridized carbons (Fsp3) is 0.800. The van der Waals surface area contributed by atoms with Gasteiger partial charge in [-0.1, -0.05) is 0 Å². The summed E-state index contributed by atoms with van der Waals surface area (Å²) in [5.74, 6) is -0.690. The van der Waals surface area contributed by atoms with Crippen LogP contribution in [0.15, 0.2) is 0 Å². The molecule has 0 bridgehead atoms. The predicted octanol–water partition coefficient (Wildman–Crippen LogP) is -1.13. The smallest absolute Gasteiger partial charge is 0.336 e. The van der Waals surface area contributed by atoms with Gasteiger partial charge in [0.05, 0.1) is 7.11 Å². The van der Waals surface area contributed by atoms with E-state index in [4.69, 9.17) is 10.8 Å². The summed E-state index contributed by atoms with van der Waals surface area (Å²) in [4.78, 5) is 10.4. The van der Waals surface area contributed by atoms with Gasteiger partial charge >= 0.3 is 5.97 Å². The third-order valence-corrected chi connectivity index (χ3v) is 0.941. The number of aliphatic hydroxyl groups excluding tert-OH is 1. The lowest BCUT2D eigenvalue weighted by Gasteiger charge is -2.10. The average Bonchev–Trinajstić information content (AvgIpc) is 1.84. The highest BCUT2D eigenvalue weighted by atomic mass is 16.5. The first-order valence-corrected chi connectivity index (χ1v) is 2.61. The number of carbonyl (C=O) groups excluding carboxylic acids is 1. The Morgan fingerprint density at radius 2 is 2.22 bits per heavy atom. The van der Waals surface area contributed by atoms with Crippen LogP contribution in [0.25, 0.3) is 0 Å². The van der Waals surface area contributed by atoms with E-state index in [0.29, 0.717) is 0 Å². The quantitative estimate of drug-likeness (QED) is 0.467. The standard InChI is InChI=1S/C5H11NO3/c1-3(6)4(7)5(8)9-2/h3-4,7H,6H2,1-2H3/t3-,4+/m1/s1. The second kappa shape index (κ2) is 3.42. The Labute approximate surface area is 53.6 Å². The van der Waals surface area contributed by atoms with Crippen molar-refractivity contribution in [2.45, 2.75) is 19.1 Å². The Morgan fingerprint density at radius 3 is 2.33 bits per heavy atom. The summed E-state index contributed by atoms with van der Waals surface area (Å²) < 4.78 is 4.20. The predicted molar refractivity (Wildman–Crippen MR) is 31.7 cm³/mol. The molecule has 4 nitrogen and oxygen atoms in total. The molecule has 0 amide bonds. The van der Waals surface area contributed by atoms with Gasteiger partial charge in [0.25, 0.3) is 0 Å². The highest BCUT2D eigenvalue weighted by Crippen LogP contribution is 1.90. The van der Waals surface area contributed by atoms with Gasteiger partial charge in [-0.25, -0.2) is 4.79 Å². The van der Waals surface area contributed by atoms with Gasteiger partial charge in [0.2, 0.25) is 0 Å². The van der Waals surface area contributed by atoms with Crippen LogP contribution in [0, 0.1) is 0 Å². The number of ether oxygens (including phenoxy) is 1. The topological polar surface area (TPSA) is 72.5 Å². The molecule has 0 aliphatic carbocycles. The number of methoxy groups -OCH3 is 1. The van der Waals surface area contributed by atoms with Crippen LogP contribution in [-0.4, -0.2) is 30.3 Å². The van der Waals surface area contributed by atoms with Crippen molar-refractivity contribution in [1.82, 2.24) is 0 Å². The van der Waals surface area contributed by atoms with Gasteiger partial charge in [-0.2, -0.15) is 0 Å². The third-order valence-electron chi connectivity index (χ3n) is 0.941. The molecule has 0 aromatic heterocycles. The van der Waals surface area contributed by atoms with Crippen molar-refractivity contribution in [3.63, 3.8) is 0 Å². The summed E-state index contributed by atoms with van der Waals surface area (Å²) in [5.41, 5.74) is 5.16. The van der Waals surface area contributed by atoms with Crippen LogP contribution in [-0.2, 0) is 9.53 Å². The molecule has 0 fully saturated rings. The van der Waals surface area contributed by atoms with Crippen LogP contribution < -0.4 is 5.73 Å². The summed E-state index contributed by atoms with van der Waals surface area (Å²) >= 11 is 0. The van der Waals surface area contributed by atoms with E-state index in [1.807, 2.05) is 0 Å². The summed E-state index contributed by atoms with van der Waals surface area (Å²) in [6.07, 6.45) is -1.20. The molecule has 3 N–H and O–H groups in total. The van der Waals surface area contributed by atoms with Crippen molar-refractivity contribution in [3.8, 4) is 0 Å². The van der Waals surface area contributed by atoms with E-state index in [0.717, 1.165) is 0 Å². The Morgan fingerprint density at radius 1 is 1.78 bits per heavy atom. The second-order valence-corrected chi connectivity index (χ2v) is 1.83. The van der Waals surface area contributed by atoms with E-state index < -0.39 is 18.1 Å². The molecule has 54 valence electrons. The van der Waals surface area contributed by atoms with E-state index >= 15 is 0 Å². The maximum Gasteiger partial charge on any atom is 0.336 e. The molecule has 0 aliphatic heterocycles. The van der Waals surface area contributed by atoms with E-state index in [1.165, 1.54) is 14.0 Å². The van der Waals surface area contributed by atoms with Gasteiger partial charge < -0.3 is 15.6 Å². The van der Waals surface area contributed by atoms with Crippen LogP contribution in [0.2, 0.25) is 0 Å². The van der Waals surface area contributed by atoms with E-state index in [2.05, 4.69) is 4.74 Å². The summed E-state index contributed by atoms with van der Waals surface area (Å²) in [6.45, 7) is 1.53. The lowest BCUT2D eigenvalue weighted by atomic mass is 10.2. The minimum Gasteiger partial charge on any atom is -0.467 e. The van der Waals surface area contributed by atoms with E-state index in [1.54, 1.807) is 0 Å². The summed E-state index contributed by atoms with van der Waals surface area (Å²) in [6, 6.07) is -0.572. The highest BCUT2D eigenvalue weighted by Gasteiger charge is 2.18. The van der Waals surface area contributed by atoms with Gasteiger partial charge in [0.15, 0.2) is 6.10 Å². The fourth-order valence-electron chi connectivity index (χ4n) is 0.335. The summed E-state index contributed by atoms with van der Waals surface area (Å²) in [7, 11) is 1.20. The van der Waals surface area contributed by atoms with Crippen molar-refractivity contribution in [2.75, 3.05) is 7.11 Å². The molecule has 0 radical (unpaired) electrons. The van der Waals surface area contributed by atoms with Gasteiger partial charge in [-0.3, -0.25) is 0 Å². The van der Waals surface area contributed by atoms with E-state index in [9.17, 15) is 4.79 Å². The second-order valence-electron chi connectivity index (χ2n) is 1.83. The number of hydrogen-bond donors (Lipinski definition) is 2. The third kappa shape index (κ3) is 2.43. The van der Waals surface area contributed by atoms with Crippen molar-refractivity contribution < 1.29 is 14.6 Å². The lowest BCUT2D eigenvalue weighted by molar-refractivity contribution is -0.151. The van der Waals surface area contributed by atoms with Crippen molar-refractivity contribution >= 4 is 5.97 Å². The molecule has 0 spiro atoms. The molecular weight excluding hydrogens is 122 g/mol. The molecule has 0 aliphatic rings. The van der Waals surface area contributed by atoms with Crippen LogP contribution >= 0.6 is 0 Å². The van der Waals surface area contributed by atoms with Crippen molar-refractivity contribution in [3.05, 3.63) is 0 Å². The minimum absolute atomic E-state index is 0.572. The van der Waals surface area contributed by atoms with Crippen molar-refractivity contribution in [1.29, 1.82) is 0 Å². The zero-order valence-electron chi connectivity index (χ0n) is 5.50. The molecule has 4 heteroatoms. The van der Waals surface area contributed by atoms with Crippen molar-refractivity contribution in [2.24, 2.45) is 5.73 Å². The fourth-order valence-corrected chi connectivity index (χ4v) is 0.335. The molecule has 0 saturated heterocycles. The normalized spacial score (nSPS) is 16.4. The maximum absolute atomic E-state index is 10.4. The maximum atomic E-state index is 10.4. The number of aliphatic hydroxyl groups is 1. The van der Waals surface area contributed by atoms with Crippen LogP contribution in [0.3, 0.4) is 0 Å². The number of rotatable bonds is 2. The molecule has 0 heterocycles. The first-order chi connectivity index (χ1) is 4.09. The number of esters is 1. The molecule has 2 atom stereocenters. The monoisotopic (exact) mass is 133 g/mol. The largest absolute Gasteiger partial charge is 0.467 e. The molecule has 0 saturated carbocycles. The van der Waals surface area contributed by atoms with Crippen LogP contribution in [0.5, 0.6) is 0 Å². The first kappa shape index (κ1) is 8.39. The first-order valence-electron chi connectivity index (χ1n) is 2.61. The number of nitrogens with two attached hydrogens (primary N) is 1. The average molecular weight is 133 g/mol. The lowest BCUT2D eigenvalue weighted by Crippen LogP contribution is -2.38. The molecule has 0 rings (SSSR count). The minimum atomic E-state index is -1.20. The van der Waals surface area contributed by atoms with E-state index in [-0.39, 0.29) is 0 Å². The molecular formula is C5H11NO3. The van der Waals surface area contributed by atoms with Crippen LogP contribution in [0.1, 0.15) is 6.92 Å².